The number of halogens is 1. The average molecular weight is 271 g/mol. The molecule has 20 heavy (non-hydrogen) atoms. The first-order chi connectivity index (χ1) is 9.51. The lowest BCUT2D eigenvalue weighted by Gasteiger charge is -2.11. The highest BCUT2D eigenvalue weighted by Crippen LogP contribution is 2.25. The molecule has 2 aromatic carbocycles. The molecule has 2 rings (SSSR count). The highest BCUT2D eigenvalue weighted by Gasteiger charge is 2.12. The Morgan fingerprint density at radius 3 is 2.60 bits per heavy atom. The number of carboxylic acids is 1. The number of rotatable bonds is 3. The van der Waals surface area contributed by atoms with Gasteiger partial charge in [-0.2, -0.15) is 5.26 Å². The van der Waals surface area contributed by atoms with E-state index in [9.17, 15) is 9.18 Å². The second-order valence-electron chi connectivity index (χ2n) is 4.04. The van der Waals surface area contributed by atoms with E-state index >= 15 is 0 Å². The molecule has 0 fully saturated rings. The van der Waals surface area contributed by atoms with Gasteiger partial charge in [0, 0.05) is 5.69 Å². The Morgan fingerprint density at radius 2 is 2.00 bits per heavy atom. The minimum atomic E-state index is -1.15. The summed E-state index contributed by atoms with van der Waals surface area (Å²) in [6.45, 7) is 0. The topological polar surface area (TPSA) is 99.1 Å². The normalized spacial score (nSPS) is 9.80. The van der Waals surface area contributed by atoms with Gasteiger partial charge in [-0.15, -0.1) is 0 Å². The Morgan fingerprint density at radius 1 is 1.25 bits per heavy atom. The molecule has 5 nitrogen and oxygen atoms in total. The van der Waals surface area contributed by atoms with Gasteiger partial charge in [0.05, 0.1) is 28.6 Å². The molecule has 6 heteroatoms. The number of carbonyl (C=O) groups is 1. The molecular formula is C14H10FN3O2. The average Bonchev–Trinajstić information content (AvgIpc) is 2.40. The van der Waals surface area contributed by atoms with Crippen molar-refractivity contribution in [1.82, 2.24) is 0 Å². The Bertz CT molecular complexity index is 723. The molecule has 0 amide bonds. The Labute approximate surface area is 114 Å². The first-order valence-corrected chi connectivity index (χ1v) is 5.61. The van der Waals surface area contributed by atoms with Crippen LogP contribution in [0.4, 0.5) is 21.5 Å². The molecule has 0 radical (unpaired) electrons. The van der Waals surface area contributed by atoms with Crippen molar-refractivity contribution >= 4 is 23.0 Å². The molecule has 0 aliphatic heterocycles. The van der Waals surface area contributed by atoms with Crippen molar-refractivity contribution in [2.45, 2.75) is 0 Å². The zero-order chi connectivity index (χ0) is 14.7. The zero-order valence-electron chi connectivity index (χ0n) is 10.2. The molecule has 4 N–H and O–H groups in total. The van der Waals surface area contributed by atoms with Gasteiger partial charge in [0.25, 0.3) is 0 Å². The van der Waals surface area contributed by atoms with E-state index in [0.29, 0.717) is 5.69 Å². The standard InChI is InChI=1S/C14H10FN3O2/c15-11-5-8(7-16)1-4-12(11)18-13-6-9(17)2-3-10(13)14(19)20/h1-6,18H,17H2,(H,19,20). The highest BCUT2D eigenvalue weighted by atomic mass is 19.1. The van der Waals surface area contributed by atoms with Gasteiger partial charge in [-0.3, -0.25) is 0 Å². The van der Waals surface area contributed by atoms with Gasteiger partial charge in [-0.05, 0) is 36.4 Å². The molecule has 0 spiro atoms. The second-order valence-corrected chi connectivity index (χ2v) is 4.04. The number of nitrogen functional groups attached to an aromatic ring is 1. The molecule has 100 valence electrons. The van der Waals surface area contributed by atoms with Gasteiger partial charge in [-0.25, -0.2) is 9.18 Å². The van der Waals surface area contributed by atoms with Crippen molar-refractivity contribution in [3.63, 3.8) is 0 Å². The van der Waals surface area contributed by atoms with Gasteiger partial charge in [0.15, 0.2) is 0 Å². The number of hydrogen-bond donors (Lipinski definition) is 3. The van der Waals surface area contributed by atoms with Gasteiger partial charge in [-0.1, -0.05) is 0 Å². The van der Waals surface area contributed by atoms with E-state index in [4.69, 9.17) is 16.1 Å². The van der Waals surface area contributed by atoms with Crippen molar-refractivity contribution in [3.8, 4) is 6.07 Å². The van der Waals surface area contributed by atoms with E-state index in [0.717, 1.165) is 6.07 Å². The van der Waals surface area contributed by atoms with E-state index in [2.05, 4.69) is 5.32 Å². The number of anilines is 3. The van der Waals surface area contributed by atoms with Crippen LogP contribution < -0.4 is 11.1 Å². The van der Waals surface area contributed by atoms with Gasteiger partial charge in [0.2, 0.25) is 0 Å². The highest BCUT2D eigenvalue weighted by molar-refractivity contribution is 5.96. The SMILES string of the molecule is N#Cc1ccc(Nc2cc(N)ccc2C(=O)O)c(F)c1. The van der Waals surface area contributed by atoms with E-state index < -0.39 is 11.8 Å². The number of aromatic carboxylic acids is 1. The maximum absolute atomic E-state index is 13.8. The van der Waals surface area contributed by atoms with Crippen LogP contribution >= 0.6 is 0 Å². The fourth-order valence-electron chi connectivity index (χ4n) is 1.68. The number of nitrogens with zero attached hydrogens (tertiary/aromatic N) is 1. The molecule has 0 aliphatic carbocycles. The van der Waals surface area contributed by atoms with Crippen molar-refractivity contribution in [3.05, 3.63) is 53.3 Å². The number of benzene rings is 2. The van der Waals surface area contributed by atoms with Crippen LogP contribution in [0.1, 0.15) is 15.9 Å². The van der Waals surface area contributed by atoms with Crippen molar-refractivity contribution in [2.75, 3.05) is 11.1 Å². The van der Waals surface area contributed by atoms with E-state index in [-0.39, 0.29) is 22.5 Å². The Balaban J connectivity index is 2.42. The molecule has 0 saturated heterocycles. The van der Waals surface area contributed by atoms with Crippen LogP contribution in [0.15, 0.2) is 36.4 Å². The summed E-state index contributed by atoms with van der Waals surface area (Å²) in [5, 5.41) is 20.4. The van der Waals surface area contributed by atoms with E-state index in [1.807, 2.05) is 6.07 Å². The van der Waals surface area contributed by atoms with Gasteiger partial charge < -0.3 is 16.2 Å². The predicted molar refractivity (Wildman–Crippen MR) is 72.2 cm³/mol. The zero-order valence-corrected chi connectivity index (χ0v) is 10.2. The molecule has 2 aromatic rings. The van der Waals surface area contributed by atoms with Gasteiger partial charge in [0.1, 0.15) is 5.82 Å². The third kappa shape index (κ3) is 2.67. The minimum absolute atomic E-state index is 0.0250. The molecule has 0 unspecified atom stereocenters. The van der Waals surface area contributed by atoms with E-state index in [1.54, 1.807) is 0 Å². The molecule has 0 bridgehead atoms. The van der Waals surface area contributed by atoms with Crippen LogP contribution in [0.5, 0.6) is 0 Å². The first kappa shape index (κ1) is 13.4. The van der Waals surface area contributed by atoms with E-state index in [1.165, 1.54) is 30.3 Å². The third-order valence-corrected chi connectivity index (χ3v) is 2.64. The quantitative estimate of drug-likeness (QED) is 0.745. The molecule has 0 atom stereocenters. The molecule has 0 heterocycles. The summed E-state index contributed by atoms with van der Waals surface area (Å²) in [6.07, 6.45) is 0. The third-order valence-electron chi connectivity index (χ3n) is 2.64. The number of hydrogen-bond acceptors (Lipinski definition) is 4. The minimum Gasteiger partial charge on any atom is -0.478 e. The maximum atomic E-state index is 13.8. The summed E-state index contributed by atoms with van der Waals surface area (Å²) in [5.41, 5.74) is 6.35. The Kier molecular flexibility index (Phi) is 3.53. The summed E-state index contributed by atoms with van der Waals surface area (Å²) < 4.78 is 13.8. The van der Waals surface area contributed by atoms with Crippen LogP contribution in [0, 0.1) is 17.1 Å². The number of nitriles is 1. The smallest absolute Gasteiger partial charge is 0.337 e. The maximum Gasteiger partial charge on any atom is 0.337 e. The monoisotopic (exact) mass is 271 g/mol. The van der Waals surface area contributed by atoms with Gasteiger partial charge >= 0.3 is 5.97 Å². The fourth-order valence-corrected chi connectivity index (χ4v) is 1.68. The fraction of sp³-hybridized carbons (Fsp3) is 0. The lowest BCUT2D eigenvalue weighted by Crippen LogP contribution is -2.04. The van der Waals surface area contributed by atoms with Crippen molar-refractivity contribution < 1.29 is 14.3 Å². The van der Waals surface area contributed by atoms with Crippen molar-refractivity contribution in [1.29, 1.82) is 5.26 Å². The molecule has 0 aliphatic rings. The lowest BCUT2D eigenvalue weighted by atomic mass is 10.1. The number of nitrogens with two attached hydrogens (primary N) is 1. The molecule has 0 saturated carbocycles. The number of nitrogens with one attached hydrogen (secondary N) is 1. The molecular weight excluding hydrogens is 261 g/mol. The van der Waals surface area contributed by atoms with Crippen LogP contribution in [0.2, 0.25) is 0 Å². The van der Waals surface area contributed by atoms with Crippen LogP contribution in [-0.4, -0.2) is 11.1 Å². The second kappa shape index (κ2) is 5.28. The lowest BCUT2D eigenvalue weighted by molar-refractivity contribution is 0.0698. The summed E-state index contributed by atoms with van der Waals surface area (Å²) in [4.78, 5) is 11.1. The predicted octanol–water partition coefficient (Wildman–Crippen LogP) is 2.72. The first-order valence-electron chi connectivity index (χ1n) is 5.61. The summed E-state index contributed by atoms with van der Waals surface area (Å²) >= 11 is 0. The summed E-state index contributed by atoms with van der Waals surface area (Å²) in [7, 11) is 0. The van der Waals surface area contributed by atoms with Crippen LogP contribution in [0.3, 0.4) is 0 Å². The van der Waals surface area contributed by atoms with Crippen molar-refractivity contribution in [2.24, 2.45) is 0 Å². The van der Waals surface area contributed by atoms with Crippen LogP contribution in [0.25, 0.3) is 0 Å². The molecule has 0 aromatic heterocycles. The number of carboxylic acid groups (broad SMARTS) is 1. The largest absolute Gasteiger partial charge is 0.478 e. The summed E-state index contributed by atoms with van der Waals surface area (Å²) in [5.74, 6) is -1.80. The Hall–Kier alpha value is -3.07. The van der Waals surface area contributed by atoms with Crippen LogP contribution in [-0.2, 0) is 0 Å². The summed E-state index contributed by atoms with van der Waals surface area (Å²) in [6, 6.07) is 9.86.